The normalized spacial score (nSPS) is 6.32. The van der Waals surface area contributed by atoms with Gasteiger partial charge in [-0.05, 0) is 0 Å². The smallest absolute Gasteiger partial charge is 0 e. The fourth-order valence-corrected chi connectivity index (χ4v) is 0.962. The van der Waals surface area contributed by atoms with Crippen molar-refractivity contribution in [1.82, 2.24) is 0 Å². The van der Waals surface area contributed by atoms with E-state index in [9.17, 15) is 0 Å². The van der Waals surface area contributed by atoms with E-state index in [2.05, 4.69) is 0 Å². The molecule has 3 rings (SSSR count). The van der Waals surface area contributed by atoms with Crippen LogP contribution in [0, 0.1) is 0 Å². The van der Waals surface area contributed by atoms with Crippen molar-refractivity contribution in [2.24, 2.45) is 0 Å². The third-order valence-electron chi connectivity index (χ3n) is 1.67. The number of hydrogen-bond donors (Lipinski definition) is 0. The van der Waals surface area contributed by atoms with E-state index in [0.29, 0.717) is 0 Å². The fraction of sp³-hybridized carbons (Fsp3) is 0. The zero-order valence-corrected chi connectivity index (χ0v) is 20.5. The second-order valence-corrected chi connectivity index (χ2v) is 2.89. The molecular formula is C15H15Zr4-3. The van der Waals surface area contributed by atoms with Gasteiger partial charge in [-0.1, -0.05) is 0 Å². The quantitative estimate of drug-likeness (QED) is 0.362. The van der Waals surface area contributed by atoms with Crippen molar-refractivity contribution in [2.75, 3.05) is 0 Å². The van der Waals surface area contributed by atoms with Gasteiger partial charge in [-0.3, -0.25) is 0 Å². The molecule has 0 bridgehead atoms. The summed E-state index contributed by atoms with van der Waals surface area (Å²) < 4.78 is 0. The van der Waals surface area contributed by atoms with E-state index < -0.39 is 0 Å². The minimum Gasteiger partial charge on any atom is -0.214 e. The van der Waals surface area contributed by atoms with Gasteiger partial charge in [0.2, 0.25) is 0 Å². The molecule has 0 amide bonds. The molecule has 0 fully saturated rings. The van der Waals surface area contributed by atoms with Gasteiger partial charge in [-0.2, -0.15) is 54.6 Å². The van der Waals surface area contributed by atoms with Crippen LogP contribution in [0.15, 0.2) is 91.0 Å². The monoisotopic (exact) mass is 555 g/mol. The summed E-state index contributed by atoms with van der Waals surface area (Å²) in [5.74, 6) is 0. The maximum Gasteiger partial charge on any atom is 0 e. The summed E-state index contributed by atoms with van der Waals surface area (Å²) in [6, 6.07) is 30.0. The molecule has 0 radical (unpaired) electrons. The van der Waals surface area contributed by atoms with Crippen LogP contribution in [-0.4, -0.2) is 0 Å². The van der Waals surface area contributed by atoms with Crippen molar-refractivity contribution in [3.8, 4) is 0 Å². The third-order valence-corrected chi connectivity index (χ3v) is 1.67. The van der Waals surface area contributed by atoms with Crippen molar-refractivity contribution >= 4 is 0 Å². The van der Waals surface area contributed by atoms with Gasteiger partial charge in [-0.25, -0.2) is 36.4 Å². The summed E-state index contributed by atoms with van der Waals surface area (Å²) in [5, 5.41) is 0. The average Bonchev–Trinajstić information content (AvgIpc) is 3.09. The van der Waals surface area contributed by atoms with Crippen LogP contribution in [-0.2, 0) is 105 Å². The predicted molar refractivity (Wildman–Crippen MR) is 66.1 cm³/mol. The van der Waals surface area contributed by atoms with Gasteiger partial charge in [0.1, 0.15) is 0 Å². The molecule has 0 aliphatic heterocycles. The van der Waals surface area contributed by atoms with Gasteiger partial charge in [0, 0.05) is 105 Å². The molecule has 0 aliphatic carbocycles. The Bertz CT molecular complexity index is 246. The van der Waals surface area contributed by atoms with Crippen LogP contribution in [0.1, 0.15) is 0 Å². The van der Waals surface area contributed by atoms with Crippen molar-refractivity contribution in [2.45, 2.75) is 0 Å². The molecule has 19 heavy (non-hydrogen) atoms. The Morgan fingerprint density at radius 2 is 0.474 bits per heavy atom. The summed E-state index contributed by atoms with van der Waals surface area (Å²) in [7, 11) is 0. The number of rotatable bonds is 0. The van der Waals surface area contributed by atoms with Gasteiger partial charge in [0.25, 0.3) is 0 Å². The van der Waals surface area contributed by atoms with E-state index in [1.165, 1.54) is 0 Å². The molecule has 94 valence electrons. The molecule has 0 spiro atoms. The first-order chi connectivity index (χ1) is 7.50. The minimum absolute atomic E-state index is 0. The zero-order chi connectivity index (χ0) is 10.6. The van der Waals surface area contributed by atoms with Gasteiger partial charge >= 0.3 is 0 Å². The first-order valence-corrected chi connectivity index (χ1v) is 5.00. The molecule has 0 aromatic heterocycles. The van der Waals surface area contributed by atoms with E-state index >= 15 is 0 Å². The van der Waals surface area contributed by atoms with Crippen LogP contribution < -0.4 is 0 Å². The topological polar surface area (TPSA) is 0 Å². The van der Waals surface area contributed by atoms with Crippen molar-refractivity contribution in [1.29, 1.82) is 0 Å². The van der Waals surface area contributed by atoms with Crippen molar-refractivity contribution < 1.29 is 105 Å². The molecule has 0 saturated heterocycles. The van der Waals surface area contributed by atoms with E-state index in [1.54, 1.807) is 0 Å². The Balaban J connectivity index is -0.0000000804. The largest absolute Gasteiger partial charge is 0.214 e. The van der Waals surface area contributed by atoms with Gasteiger partial charge < -0.3 is 0 Å². The Labute approximate surface area is 193 Å². The molecule has 3 aromatic rings. The Morgan fingerprint density at radius 3 is 0.526 bits per heavy atom. The molecule has 0 aliphatic rings. The molecule has 4 heteroatoms. The molecule has 0 N–H and O–H groups in total. The summed E-state index contributed by atoms with van der Waals surface area (Å²) >= 11 is 0. The van der Waals surface area contributed by atoms with E-state index in [4.69, 9.17) is 0 Å². The molecule has 0 saturated carbocycles. The Morgan fingerprint density at radius 1 is 0.316 bits per heavy atom. The average molecular weight is 560 g/mol. The van der Waals surface area contributed by atoms with Gasteiger partial charge in [0.15, 0.2) is 0 Å². The Kier molecular flexibility index (Phi) is 37.1. The Hall–Kier alpha value is 1.58. The predicted octanol–water partition coefficient (Wildman–Crippen LogP) is 4.21. The molecular weight excluding hydrogens is 545 g/mol. The SMILES string of the molecule is [Zr].[Zr].[Zr].[Zr].c1cc[cH-]c1.c1cc[cH-]c1.c1cc[cH-]c1. The third kappa shape index (κ3) is 22.0. The van der Waals surface area contributed by atoms with Gasteiger partial charge in [0.05, 0.1) is 0 Å². The fourth-order valence-electron chi connectivity index (χ4n) is 0.962. The van der Waals surface area contributed by atoms with Crippen LogP contribution in [0.4, 0.5) is 0 Å². The molecule has 0 unspecified atom stereocenters. The van der Waals surface area contributed by atoms with Crippen molar-refractivity contribution in [3.05, 3.63) is 91.0 Å². The molecule has 0 nitrogen and oxygen atoms in total. The first kappa shape index (κ1) is 28.7. The van der Waals surface area contributed by atoms with Crippen LogP contribution in [0.25, 0.3) is 0 Å². The summed E-state index contributed by atoms with van der Waals surface area (Å²) in [6.07, 6.45) is 0. The minimum atomic E-state index is 0. The summed E-state index contributed by atoms with van der Waals surface area (Å²) in [4.78, 5) is 0. The van der Waals surface area contributed by atoms with Crippen LogP contribution in [0.2, 0.25) is 0 Å². The molecule has 0 atom stereocenters. The maximum absolute atomic E-state index is 2.00. The second kappa shape index (κ2) is 24.6. The second-order valence-electron chi connectivity index (χ2n) is 2.89. The summed E-state index contributed by atoms with van der Waals surface area (Å²) in [6.45, 7) is 0. The van der Waals surface area contributed by atoms with Crippen LogP contribution >= 0.6 is 0 Å². The standard InChI is InChI=1S/3C5H5.4Zr/c3*1-2-4-5-3-1;;;;/h3*1-5H;;;;/q3*-1;;;;. The summed E-state index contributed by atoms with van der Waals surface area (Å²) in [5.41, 5.74) is 0. The van der Waals surface area contributed by atoms with Gasteiger partial charge in [-0.15, -0.1) is 0 Å². The zero-order valence-electron chi connectivity index (χ0n) is 10.7. The van der Waals surface area contributed by atoms with E-state index in [0.717, 1.165) is 0 Å². The van der Waals surface area contributed by atoms with Crippen LogP contribution in [0.5, 0.6) is 0 Å². The maximum atomic E-state index is 2.00. The van der Waals surface area contributed by atoms with E-state index in [1.807, 2.05) is 91.0 Å². The van der Waals surface area contributed by atoms with E-state index in [-0.39, 0.29) is 105 Å². The molecule has 0 heterocycles. The van der Waals surface area contributed by atoms with Crippen LogP contribution in [0.3, 0.4) is 0 Å². The molecule has 3 aromatic carbocycles. The first-order valence-electron chi connectivity index (χ1n) is 5.00. The van der Waals surface area contributed by atoms with Crippen molar-refractivity contribution in [3.63, 3.8) is 0 Å². The number of hydrogen-bond acceptors (Lipinski definition) is 0.